The second-order valence-corrected chi connectivity index (χ2v) is 5.18. The molecule has 0 saturated carbocycles. The van der Waals surface area contributed by atoms with E-state index in [2.05, 4.69) is 0 Å². The molecule has 0 bridgehead atoms. The average Bonchev–Trinajstić information content (AvgIpc) is 2.81. The van der Waals surface area contributed by atoms with E-state index >= 15 is 0 Å². The minimum atomic E-state index is -0.465. The molecule has 6 heteroatoms. The summed E-state index contributed by atoms with van der Waals surface area (Å²) in [4.78, 5) is 37.4. The molecule has 0 N–H and O–H groups in total. The zero-order valence-electron chi connectivity index (χ0n) is 12.3. The number of likely N-dealkylation sites (N-methyl/N-ethyl adjacent to an activating group) is 1. The number of benzene rings is 1. The lowest BCUT2D eigenvalue weighted by Crippen LogP contribution is -2.25. The molecule has 0 fully saturated rings. The van der Waals surface area contributed by atoms with Crippen LogP contribution in [0, 0.1) is 0 Å². The minimum Gasteiger partial charge on any atom is -0.452 e. The number of fused-ring (bicyclic) bond motifs is 3. The number of nitrogens with zero attached hydrogens (tertiary/aromatic N) is 1. The number of carbonyl (C=O) groups excluding carboxylic acids is 3. The molecule has 6 nitrogen and oxygen atoms in total. The van der Waals surface area contributed by atoms with Gasteiger partial charge in [0, 0.05) is 32.5 Å². The molecule has 1 heterocycles. The lowest BCUT2D eigenvalue weighted by molar-refractivity contribution is -0.131. The molecular formula is C16H13NO5. The summed E-state index contributed by atoms with van der Waals surface area (Å²) in [6.45, 7) is 1.29. The maximum absolute atomic E-state index is 12.6. The summed E-state index contributed by atoms with van der Waals surface area (Å²) in [6.07, 6.45) is 1.26. The summed E-state index contributed by atoms with van der Waals surface area (Å²) >= 11 is 0. The van der Waals surface area contributed by atoms with Crippen molar-refractivity contribution in [2.45, 2.75) is 6.92 Å². The number of hydrogen-bond donors (Lipinski definition) is 0. The van der Waals surface area contributed by atoms with Crippen LogP contribution in [0.5, 0.6) is 5.75 Å². The highest BCUT2D eigenvalue weighted by atomic mass is 16.5. The van der Waals surface area contributed by atoms with Crippen molar-refractivity contribution in [2.24, 2.45) is 0 Å². The van der Waals surface area contributed by atoms with E-state index < -0.39 is 5.97 Å². The minimum absolute atomic E-state index is 0.0191. The fraction of sp³-hybridized carbons (Fsp3) is 0.188. The van der Waals surface area contributed by atoms with Crippen molar-refractivity contribution in [3.8, 4) is 5.75 Å². The molecule has 112 valence electrons. The van der Waals surface area contributed by atoms with Gasteiger partial charge in [-0.2, -0.15) is 0 Å². The van der Waals surface area contributed by atoms with Crippen LogP contribution >= 0.6 is 0 Å². The summed E-state index contributed by atoms with van der Waals surface area (Å²) < 4.78 is 10.5. The van der Waals surface area contributed by atoms with Gasteiger partial charge in [0.15, 0.2) is 5.76 Å². The van der Waals surface area contributed by atoms with Gasteiger partial charge in [-0.3, -0.25) is 14.4 Å². The normalized spacial score (nSPS) is 13.9. The fourth-order valence-corrected chi connectivity index (χ4v) is 2.42. The van der Waals surface area contributed by atoms with Crippen LogP contribution in [-0.2, 0) is 4.79 Å². The molecule has 1 aliphatic carbocycles. The first-order valence-corrected chi connectivity index (χ1v) is 6.61. The van der Waals surface area contributed by atoms with Crippen molar-refractivity contribution in [3.05, 3.63) is 41.3 Å². The molecule has 0 atom stereocenters. The fourth-order valence-electron chi connectivity index (χ4n) is 2.42. The third-order valence-corrected chi connectivity index (χ3v) is 3.35. The summed E-state index contributed by atoms with van der Waals surface area (Å²) in [5, 5.41) is 0.458. The van der Waals surface area contributed by atoms with Crippen LogP contribution in [0.4, 0.5) is 0 Å². The molecular weight excluding hydrogens is 286 g/mol. The summed E-state index contributed by atoms with van der Waals surface area (Å²) in [5.41, 5.74) is 0.897. The van der Waals surface area contributed by atoms with Crippen molar-refractivity contribution < 1.29 is 23.5 Å². The van der Waals surface area contributed by atoms with Crippen molar-refractivity contribution in [3.63, 3.8) is 0 Å². The third-order valence-electron chi connectivity index (χ3n) is 3.35. The van der Waals surface area contributed by atoms with E-state index in [-0.39, 0.29) is 28.6 Å². The Balaban J connectivity index is 2.21. The Morgan fingerprint density at radius 2 is 1.95 bits per heavy atom. The molecule has 1 aromatic heterocycles. The van der Waals surface area contributed by atoms with E-state index in [1.54, 1.807) is 31.1 Å². The van der Waals surface area contributed by atoms with E-state index in [1.165, 1.54) is 19.1 Å². The maximum Gasteiger partial charge on any atom is 0.308 e. The molecule has 0 radical (unpaired) electrons. The van der Waals surface area contributed by atoms with Gasteiger partial charge in [0.25, 0.3) is 0 Å². The molecule has 0 spiro atoms. The van der Waals surface area contributed by atoms with Crippen molar-refractivity contribution in [1.82, 2.24) is 4.90 Å². The Hall–Kier alpha value is -2.89. The first-order chi connectivity index (χ1) is 10.4. The second kappa shape index (κ2) is 4.84. The Kier molecular flexibility index (Phi) is 3.09. The molecule has 2 aromatic rings. The maximum atomic E-state index is 12.6. The number of esters is 1. The average molecular weight is 299 g/mol. The van der Waals surface area contributed by atoms with Crippen LogP contribution < -0.4 is 4.74 Å². The Morgan fingerprint density at radius 1 is 1.23 bits per heavy atom. The number of Topliss-reactive ketones (excluding diaryl/α,β-unsaturated/α-hetero) is 1. The first kappa shape index (κ1) is 14.1. The molecule has 0 aliphatic heterocycles. The van der Waals surface area contributed by atoms with Crippen molar-refractivity contribution >= 4 is 28.5 Å². The zero-order valence-corrected chi connectivity index (χ0v) is 12.3. The van der Waals surface area contributed by atoms with Gasteiger partial charge in [-0.15, -0.1) is 0 Å². The largest absolute Gasteiger partial charge is 0.452 e. The van der Waals surface area contributed by atoms with Gasteiger partial charge in [0.2, 0.25) is 11.6 Å². The lowest BCUT2D eigenvalue weighted by atomic mass is 9.96. The highest BCUT2D eigenvalue weighted by Gasteiger charge is 2.32. The topological polar surface area (TPSA) is 76.8 Å². The Bertz CT molecular complexity index is 857. The number of ketones is 2. The molecule has 0 saturated heterocycles. The first-order valence-electron chi connectivity index (χ1n) is 6.61. The Morgan fingerprint density at radius 3 is 2.59 bits per heavy atom. The SMILES string of the molecule is CC(=O)Oc1ccc2oc3c(c2c1)C(=O)C(N(C)C)=CC3=O. The standard InChI is InChI=1S/C16H13NO5/c1-8(18)21-9-4-5-13-10(6-9)14-15(20)11(17(2)3)7-12(19)16(14)22-13/h4-7H,1-3H3. The van der Waals surface area contributed by atoms with E-state index in [1.807, 2.05) is 0 Å². The smallest absolute Gasteiger partial charge is 0.308 e. The van der Waals surface area contributed by atoms with Crippen LogP contribution in [-0.4, -0.2) is 36.5 Å². The van der Waals surface area contributed by atoms with Gasteiger partial charge in [-0.25, -0.2) is 0 Å². The second-order valence-electron chi connectivity index (χ2n) is 5.18. The highest BCUT2D eigenvalue weighted by molar-refractivity contribution is 6.28. The molecule has 1 aliphatic rings. The van der Waals surface area contributed by atoms with Gasteiger partial charge < -0.3 is 14.1 Å². The molecule has 22 heavy (non-hydrogen) atoms. The predicted octanol–water partition coefficient (Wildman–Crippen LogP) is 2.18. The van der Waals surface area contributed by atoms with Gasteiger partial charge in [-0.05, 0) is 18.2 Å². The van der Waals surface area contributed by atoms with Crippen LogP contribution in [0.25, 0.3) is 11.0 Å². The number of rotatable bonds is 2. The summed E-state index contributed by atoms with van der Waals surface area (Å²) in [5.74, 6) is -0.801. The van der Waals surface area contributed by atoms with Crippen molar-refractivity contribution in [1.29, 1.82) is 0 Å². The van der Waals surface area contributed by atoms with Crippen LogP contribution in [0.2, 0.25) is 0 Å². The van der Waals surface area contributed by atoms with E-state index in [9.17, 15) is 14.4 Å². The summed E-state index contributed by atoms with van der Waals surface area (Å²) in [7, 11) is 3.38. The number of hydrogen-bond acceptors (Lipinski definition) is 6. The van der Waals surface area contributed by atoms with Gasteiger partial charge in [-0.1, -0.05) is 0 Å². The molecule has 0 amide bonds. The highest BCUT2D eigenvalue weighted by Crippen LogP contribution is 2.34. The van der Waals surface area contributed by atoms with Gasteiger partial charge in [0.1, 0.15) is 11.3 Å². The molecule has 0 unspecified atom stereocenters. The Labute approximate surface area is 125 Å². The van der Waals surface area contributed by atoms with E-state index in [4.69, 9.17) is 9.15 Å². The number of allylic oxidation sites excluding steroid dienone is 2. The monoisotopic (exact) mass is 299 g/mol. The van der Waals surface area contributed by atoms with Crippen LogP contribution in [0.3, 0.4) is 0 Å². The number of furan rings is 1. The zero-order chi connectivity index (χ0) is 16.0. The molecule has 3 rings (SSSR count). The quantitative estimate of drug-likeness (QED) is 0.625. The van der Waals surface area contributed by atoms with Crippen molar-refractivity contribution in [2.75, 3.05) is 14.1 Å². The number of carbonyl (C=O) groups is 3. The number of ether oxygens (including phenoxy) is 1. The van der Waals surface area contributed by atoms with Gasteiger partial charge >= 0.3 is 5.97 Å². The third kappa shape index (κ3) is 2.09. The molecule has 1 aromatic carbocycles. The van der Waals surface area contributed by atoms with Crippen LogP contribution in [0.15, 0.2) is 34.4 Å². The lowest BCUT2D eigenvalue weighted by Gasteiger charge is -2.18. The van der Waals surface area contributed by atoms with Crippen LogP contribution in [0.1, 0.15) is 27.8 Å². The van der Waals surface area contributed by atoms with Gasteiger partial charge in [0.05, 0.1) is 11.3 Å². The predicted molar refractivity (Wildman–Crippen MR) is 78.0 cm³/mol. The van der Waals surface area contributed by atoms with E-state index in [0.29, 0.717) is 16.7 Å². The van der Waals surface area contributed by atoms with E-state index in [0.717, 1.165) is 0 Å². The summed E-state index contributed by atoms with van der Waals surface area (Å²) in [6, 6.07) is 4.65.